The van der Waals surface area contributed by atoms with Gasteiger partial charge in [-0.2, -0.15) is 0 Å². The molecule has 362 valence electrons. The van der Waals surface area contributed by atoms with Gasteiger partial charge in [0.05, 0.1) is 13.2 Å². The Balaban J connectivity index is 0.00000504. The molecule has 0 aliphatic heterocycles. The van der Waals surface area contributed by atoms with Crippen LogP contribution in [0.5, 0.6) is 11.5 Å². The van der Waals surface area contributed by atoms with Crippen LogP contribution in [0.2, 0.25) is 0 Å². The minimum atomic E-state index is -0.780. The Labute approximate surface area is 411 Å². The number of halogens is 2. The van der Waals surface area contributed by atoms with Crippen LogP contribution in [0.4, 0.5) is 0 Å². The zero-order valence-corrected chi connectivity index (χ0v) is 40.0. The quantitative estimate of drug-likeness (QED) is 0.0287. The molecule has 6 rings (SSSR count). The molecule has 0 heterocycles. The summed E-state index contributed by atoms with van der Waals surface area (Å²) in [6.07, 6.45) is 4.74. The molecule has 68 heavy (non-hydrogen) atoms. The van der Waals surface area contributed by atoms with Gasteiger partial charge in [-0.3, -0.25) is 9.59 Å². The first kappa shape index (κ1) is 54.4. The first-order chi connectivity index (χ1) is 32.3. The van der Waals surface area contributed by atoms with E-state index in [1.807, 2.05) is 121 Å². The van der Waals surface area contributed by atoms with Crippen molar-refractivity contribution in [2.24, 2.45) is 11.5 Å². The molecule has 0 unspecified atom stereocenters. The number of nitrogens with one attached hydrogen (secondary N) is 2. The fourth-order valence-corrected chi connectivity index (χ4v) is 7.76. The van der Waals surface area contributed by atoms with Gasteiger partial charge in [-0.05, 0) is 109 Å². The van der Waals surface area contributed by atoms with Gasteiger partial charge in [0.1, 0.15) is 36.8 Å². The SMILES string of the molecule is Cl.Cl.NCCCC[C@@H](NC(=O)CCCOc1ccc2ccccc2c1-c1c(OCCCC(=O)N[C@H](CCCCN)C(=O)OCc2ccccc2)ccc2ccccc12)C(=O)OCc1ccccc1. The Morgan fingerprint density at radius 1 is 0.456 bits per heavy atom. The summed E-state index contributed by atoms with van der Waals surface area (Å²) in [4.78, 5) is 52.7. The van der Waals surface area contributed by atoms with E-state index in [0.717, 1.165) is 56.6 Å². The summed E-state index contributed by atoms with van der Waals surface area (Å²) in [5, 5.41) is 9.72. The number of hydrogen-bond donors (Lipinski definition) is 4. The van der Waals surface area contributed by atoms with Gasteiger partial charge >= 0.3 is 11.9 Å². The highest BCUT2D eigenvalue weighted by atomic mass is 35.5. The molecule has 14 heteroatoms. The number of carbonyl (C=O) groups is 4. The third-order valence-electron chi connectivity index (χ3n) is 11.2. The van der Waals surface area contributed by atoms with Gasteiger partial charge in [-0.15, -0.1) is 24.8 Å². The Kier molecular flexibility index (Phi) is 23.7. The first-order valence-electron chi connectivity index (χ1n) is 23.0. The normalized spacial score (nSPS) is 11.6. The zero-order chi connectivity index (χ0) is 46.4. The second kappa shape index (κ2) is 29.6. The van der Waals surface area contributed by atoms with Crippen LogP contribution in [-0.2, 0) is 41.9 Å². The summed E-state index contributed by atoms with van der Waals surface area (Å²) >= 11 is 0. The van der Waals surface area contributed by atoms with E-state index in [0.29, 0.717) is 63.1 Å². The monoisotopic (exact) mass is 966 g/mol. The zero-order valence-electron chi connectivity index (χ0n) is 38.4. The van der Waals surface area contributed by atoms with Crippen molar-refractivity contribution in [3.05, 3.63) is 145 Å². The summed E-state index contributed by atoms with van der Waals surface area (Å²) in [5.41, 5.74) is 14.8. The first-order valence-corrected chi connectivity index (χ1v) is 23.0. The maximum Gasteiger partial charge on any atom is 0.328 e. The molecule has 0 radical (unpaired) electrons. The Morgan fingerprint density at radius 3 is 1.24 bits per heavy atom. The third kappa shape index (κ3) is 16.6. The average molecular weight is 968 g/mol. The Morgan fingerprint density at radius 2 is 0.838 bits per heavy atom. The number of benzene rings is 6. The Hall–Kier alpha value is -6.18. The smallest absolute Gasteiger partial charge is 0.328 e. The molecule has 0 aliphatic rings. The van der Waals surface area contributed by atoms with Crippen LogP contribution < -0.4 is 31.6 Å². The molecule has 0 spiro atoms. The number of unbranched alkanes of at least 4 members (excludes halogenated alkanes) is 2. The molecule has 6 aromatic rings. The molecular weight excluding hydrogens is 904 g/mol. The minimum absolute atomic E-state index is 0. The van der Waals surface area contributed by atoms with Crippen molar-refractivity contribution in [2.75, 3.05) is 26.3 Å². The molecular formula is C54H64Cl2N4O8. The van der Waals surface area contributed by atoms with E-state index in [9.17, 15) is 19.2 Å². The van der Waals surface area contributed by atoms with Crippen LogP contribution in [0.1, 0.15) is 75.3 Å². The number of rotatable bonds is 27. The number of ether oxygens (including phenoxy) is 4. The predicted molar refractivity (Wildman–Crippen MR) is 273 cm³/mol. The van der Waals surface area contributed by atoms with Crippen LogP contribution in [-0.4, -0.2) is 62.1 Å². The largest absolute Gasteiger partial charge is 0.493 e. The fraction of sp³-hybridized carbons (Fsp3) is 0.333. The average Bonchev–Trinajstić information content (AvgIpc) is 3.35. The lowest BCUT2D eigenvalue weighted by Gasteiger charge is -2.20. The summed E-state index contributed by atoms with van der Waals surface area (Å²) in [7, 11) is 0. The molecule has 12 nitrogen and oxygen atoms in total. The number of esters is 2. The second-order valence-corrected chi connectivity index (χ2v) is 16.2. The van der Waals surface area contributed by atoms with Gasteiger partial charge in [-0.25, -0.2) is 9.59 Å². The van der Waals surface area contributed by atoms with E-state index in [-0.39, 0.29) is 75.9 Å². The van der Waals surface area contributed by atoms with Crippen LogP contribution >= 0.6 is 24.8 Å². The standard InChI is InChI=1S/C54H62N4O8.2ClH/c55-33-13-11-25-45(53(61)65-37-39-17-3-1-4-18-39)57-49(59)27-15-35-63-47-31-29-41-21-7-9-23-43(41)51(47)52-44-24-10-8-22-42(44)30-32-48(52)64-36-16-28-50(60)58-46(26-12-14-34-56)54(62)66-38-40-19-5-2-6-20-40;;/h1-10,17-24,29-32,45-46H,11-16,25-28,33-38,55-56H2,(H,57,59)(H,58,60);2*1H/t45-,46-;;/m1../s1. The van der Waals surface area contributed by atoms with Gasteiger partial charge in [0, 0.05) is 24.0 Å². The van der Waals surface area contributed by atoms with Crippen molar-refractivity contribution in [1.29, 1.82) is 0 Å². The highest BCUT2D eigenvalue weighted by molar-refractivity contribution is 6.09. The van der Waals surface area contributed by atoms with Gasteiger partial charge in [0.25, 0.3) is 0 Å². The van der Waals surface area contributed by atoms with E-state index in [4.69, 9.17) is 30.4 Å². The topological polar surface area (TPSA) is 181 Å². The van der Waals surface area contributed by atoms with Crippen LogP contribution in [0.25, 0.3) is 32.7 Å². The van der Waals surface area contributed by atoms with Gasteiger partial charge in [0.15, 0.2) is 0 Å². The number of carbonyl (C=O) groups excluding carboxylic acids is 4. The summed E-state index contributed by atoms with van der Waals surface area (Å²) in [6, 6.07) is 41.4. The molecule has 0 saturated carbocycles. The maximum atomic E-state index is 13.2. The van der Waals surface area contributed by atoms with Crippen molar-refractivity contribution < 1.29 is 38.1 Å². The second-order valence-electron chi connectivity index (χ2n) is 16.2. The van der Waals surface area contributed by atoms with Gasteiger partial charge in [-0.1, -0.05) is 121 Å². The molecule has 6 aromatic carbocycles. The third-order valence-corrected chi connectivity index (χ3v) is 11.2. The van der Waals surface area contributed by atoms with Crippen molar-refractivity contribution >= 4 is 70.1 Å². The number of nitrogens with two attached hydrogens (primary N) is 2. The van der Waals surface area contributed by atoms with E-state index in [2.05, 4.69) is 22.8 Å². The molecule has 0 aliphatic carbocycles. The number of fused-ring (bicyclic) bond motifs is 2. The van der Waals surface area contributed by atoms with Crippen LogP contribution in [0, 0.1) is 0 Å². The van der Waals surface area contributed by atoms with E-state index >= 15 is 0 Å². The molecule has 2 amide bonds. The lowest BCUT2D eigenvalue weighted by molar-refractivity contribution is -0.149. The lowest BCUT2D eigenvalue weighted by atomic mass is 9.92. The lowest BCUT2D eigenvalue weighted by Crippen LogP contribution is -2.42. The van der Waals surface area contributed by atoms with Crippen LogP contribution in [0.3, 0.4) is 0 Å². The Bertz CT molecular complexity index is 2320. The molecule has 6 N–H and O–H groups in total. The molecule has 0 fully saturated rings. The minimum Gasteiger partial charge on any atom is -0.493 e. The van der Waals surface area contributed by atoms with Gasteiger partial charge in [0.2, 0.25) is 11.8 Å². The summed E-state index contributed by atoms with van der Waals surface area (Å²) < 4.78 is 24.2. The molecule has 2 atom stereocenters. The van der Waals surface area contributed by atoms with Crippen molar-refractivity contribution in [2.45, 2.75) is 89.5 Å². The maximum absolute atomic E-state index is 13.2. The van der Waals surface area contributed by atoms with Crippen molar-refractivity contribution in [3.8, 4) is 22.6 Å². The molecule has 0 saturated heterocycles. The van der Waals surface area contributed by atoms with E-state index in [1.165, 1.54) is 0 Å². The molecule has 0 aromatic heterocycles. The molecule has 0 bridgehead atoms. The number of amides is 2. The van der Waals surface area contributed by atoms with Gasteiger partial charge < -0.3 is 41.0 Å². The van der Waals surface area contributed by atoms with E-state index in [1.54, 1.807) is 0 Å². The highest BCUT2D eigenvalue weighted by Crippen LogP contribution is 2.45. The van der Waals surface area contributed by atoms with Crippen LogP contribution in [0.15, 0.2) is 133 Å². The van der Waals surface area contributed by atoms with E-state index < -0.39 is 24.0 Å². The number of hydrogen-bond acceptors (Lipinski definition) is 10. The predicted octanol–water partition coefficient (Wildman–Crippen LogP) is 9.54. The van der Waals surface area contributed by atoms with Crippen molar-refractivity contribution in [1.82, 2.24) is 10.6 Å². The summed E-state index contributed by atoms with van der Waals surface area (Å²) in [6.45, 7) is 1.70. The van der Waals surface area contributed by atoms with Crippen molar-refractivity contribution in [3.63, 3.8) is 0 Å². The highest BCUT2D eigenvalue weighted by Gasteiger charge is 2.24. The fourth-order valence-electron chi connectivity index (χ4n) is 7.76. The summed E-state index contributed by atoms with van der Waals surface area (Å²) in [5.74, 6) is -0.239.